The molecule has 1 aromatic rings. The van der Waals surface area contributed by atoms with Crippen molar-refractivity contribution < 1.29 is 14.3 Å². The smallest absolute Gasteiger partial charge is 0.407 e. The molecule has 1 atom stereocenters. The zero-order valence-corrected chi connectivity index (χ0v) is 9.78. The van der Waals surface area contributed by atoms with Crippen molar-refractivity contribution in [1.82, 2.24) is 5.32 Å². The third-order valence-corrected chi connectivity index (χ3v) is 2.81. The van der Waals surface area contributed by atoms with Gasteiger partial charge in [-0.1, -0.05) is 12.1 Å². The fraction of sp³-hybridized carbons (Fsp3) is 0.200. The van der Waals surface area contributed by atoms with Crippen LogP contribution in [0, 0.1) is 0 Å². The van der Waals surface area contributed by atoms with E-state index in [1.54, 1.807) is 6.07 Å². The molecule has 2 N–H and O–H groups in total. The van der Waals surface area contributed by atoms with Crippen LogP contribution in [0.4, 0.5) is 10.5 Å². The Morgan fingerprint density at radius 2 is 2.25 bits per heavy atom. The van der Waals surface area contributed by atoms with Gasteiger partial charge in [-0.05, 0) is 28.1 Å². The number of carbonyl (C=O) groups is 2. The van der Waals surface area contributed by atoms with Gasteiger partial charge in [-0.15, -0.1) is 0 Å². The van der Waals surface area contributed by atoms with E-state index in [9.17, 15) is 9.59 Å². The molecule has 84 valence electrons. The Kier molecular flexibility index (Phi) is 3.09. The third kappa shape index (κ3) is 2.33. The lowest BCUT2D eigenvalue weighted by Gasteiger charge is -2.10. The normalized spacial score (nSPS) is 18.8. The molecule has 0 aromatic heterocycles. The van der Waals surface area contributed by atoms with Crippen molar-refractivity contribution in [3.8, 4) is 0 Å². The van der Waals surface area contributed by atoms with E-state index in [2.05, 4.69) is 31.3 Å². The monoisotopic (exact) mass is 284 g/mol. The minimum absolute atomic E-state index is 0.0646. The molecular weight excluding hydrogens is 276 g/mol. The molecule has 0 spiro atoms. The minimum Gasteiger partial charge on any atom is -0.447 e. The first-order chi connectivity index (χ1) is 7.66. The summed E-state index contributed by atoms with van der Waals surface area (Å²) in [5, 5.41) is 5.10. The standard InChI is InChI=1S/C10H9BrN2O3/c11-6-3-1-2-4-7(6)12-9(14)8-5-16-10(15)13-8/h1-4,8H,5H2,(H,12,14)(H,13,15). The molecule has 1 unspecified atom stereocenters. The number of ether oxygens (including phenoxy) is 1. The third-order valence-electron chi connectivity index (χ3n) is 2.12. The molecule has 1 saturated heterocycles. The van der Waals surface area contributed by atoms with E-state index >= 15 is 0 Å². The van der Waals surface area contributed by atoms with Gasteiger partial charge < -0.3 is 15.4 Å². The highest BCUT2D eigenvalue weighted by molar-refractivity contribution is 9.10. The number of alkyl carbamates (subject to hydrolysis) is 1. The van der Waals surface area contributed by atoms with E-state index in [4.69, 9.17) is 0 Å². The van der Waals surface area contributed by atoms with E-state index in [0.717, 1.165) is 4.47 Å². The summed E-state index contributed by atoms with van der Waals surface area (Å²) in [4.78, 5) is 22.4. The zero-order chi connectivity index (χ0) is 11.5. The number of anilines is 1. The second kappa shape index (κ2) is 4.52. The molecule has 1 aliphatic rings. The van der Waals surface area contributed by atoms with Crippen LogP contribution in [0.5, 0.6) is 0 Å². The number of para-hydroxylation sites is 1. The number of nitrogens with one attached hydrogen (secondary N) is 2. The Morgan fingerprint density at radius 1 is 1.50 bits per heavy atom. The summed E-state index contributed by atoms with van der Waals surface area (Å²) in [5.74, 6) is -0.294. The quantitative estimate of drug-likeness (QED) is 0.865. The van der Waals surface area contributed by atoms with Crippen molar-refractivity contribution in [2.75, 3.05) is 11.9 Å². The van der Waals surface area contributed by atoms with Gasteiger partial charge in [0.1, 0.15) is 12.6 Å². The molecule has 1 aromatic carbocycles. The molecule has 2 rings (SSSR count). The van der Waals surface area contributed by atoms with Crippen molar-refractivity contribution >= 4 is 33.6 Å². The van der Waals surface area contributed by atoms with Crippen LogP contribution in [0.1, 0.15) is 0 Å². The highest BCUT2D eigenvalue weighted by Gasteiger charge is 2.28. The number of rotatable bonds is 2. The second-order valence-corrected chi connectivity index (χ2v) is 4.12. The summed E-state index contributed by atoms with van der Waals surface area (Å²) < 4.78 is 5.42. The Bertz CT molecular complexity index is 436. The molecule has 0 radical (unpaired) electrons. The van der Waals surface area contributed by atoms with Crippen molar-refractivity contribution in [2.24, 2.45) is 0 Å². The number of hydrogen-bond acceptors (Lipinski definition) is 3. The first kappa shape index (κ1) is 10.9. The van der Waals surface area contributed by atoms with Gasteiger partial charge in [-0.3, -0.25) is 4.79 Å². The molecule has 0 bridgehead atoms. The van der Waals surface area contributed by atoms with Gasteiger partial charge >= 0.3 is 6.09 Å². The fourth-order valence-electron chi connectivity index (χ4n) is 1.31. The van der Waals surface area contributed by atoms with Crippen LogP contribution in [0.25, 0.3) is 0 Å². The van der Waals surface area contributed by atoms with Crippen LogP contribution in [0.3, 0.4) is 0 Å². The average Bonchev–Trinajstić information content (AvgIpc) is 2.68. The van der Waals surface area contributed by atoms with Crippen LogP contribution < -0.4 is 10.6 Å². The Hall–Kier alpha value is -1.56. The highest BCUT2D eigenvalue weighted by atomic mass is 79.9. The van der Waals surface area contributed by atoms with Gasteiger partial charge in [0.2, 0.25) is 0 Å². The Balaban J connectivity index is 2.03. The van der Waals surface area contributed by atoms with Crippen molar-refractivity contribution in [2.45, 2.75) is 6.04 Å². The van der Waals surface area contributed by atoms with Gasteiger partial charge in [0.05, 0.1) is 5.69 Å². The molecule has 1 aliphatic heterocycles. The SMILES string of the molecule is O=C1NC(C(=O)Nc2ccccc2Br)CO1. The number of amides is 2. The lowest BCUT2D eigenvalue weighted by molar-refractivity contribution is -0.117. The largest absolute Gasteiger partial charge is 0.447 e. The topological polar surface area (TPSA) is 67.4 Å². The highest BCUT2D eigenvalue weighted by Crippen LogP contribution is 2.21. The van der Waals surface area contributed by atoms with Gasteiger partial charge in [-0.2, -0.15) is 0 Å². The molecule has 16 heavy (non-hydrogen) atoms. The van der Waals surface area contributed by atoms with E-state index in [1.807, 2.05) is 18.2 Å². The number of hydrogen-bond donors (Lipinski definition) is 2. The number of benzene rings is 1. The first-order valence-corrected chi connectivity index (χ1v) is 5.45. The zero-order valence-electron chi connectivity index (χ0n) is 8.20. The summed E-state index contributed by atoms with van der Waals surface area (Å²) in [6, 6.07) is 6.61. The van der Waals surface area contributed by atoms with E-state index in [0.29, 0.717) is 5.69 Å². The predicted molar refractivity (Wildman–Crippen MR) is 61.0 cm³/mol. The summed E-state index contributed by atoms with van der Waals surface area (Å²) in [6.45, 7) is 0.0646. The molecule has 5 nitrogen and oxygen atoms in total. The number of cyclic esters (lactones) is 1. The maximum absolute atomic E-state index is 11.7. The molecule has 1 fully saturated rings. The Morgan fingerprint density at radius 3 is 2.88 bits per heavy atom. The summed E-state index contributed by atoms with van der Waals surface area (Å²) in [6.07, 6.45) is -0.563. The van der Waals surface area contributed by atoms with E-state index in [-0.39, 0.29) is 12.5 Å². The molecular formula is C10H9BrN2O3. The van der Waals surface area contributed by atoms with Gasteiger partial charge in [0.15, 0.2) is 0 Å². The van der Waals surface area contributed by atoms with Crippen LogP contribution >= 0.6 is 15.9 Å². The van der Waals surface area contributed by atoms with Crippen LogP contribution in [0.2, 0.25) is 0 Å². The van der Waals surface area contributed by atoms with Gasteiger partial charge in [0, 0.05) is 4.47 Å². The number of halogens is 1. The second-order valence-electron chi connectivity index (χ2n) is 3.26. The molecule has 2 amide bonds. The van der Waals surface area contributed by atoms with Gasteiger partial charge in [0.25, 0.3) is 5.91 Å². The summed E-state index contributed by atoms with van der Waals surface area (Å²) in [5.41, 5.74) is 0.661. The van der Waals surface area contributed by atoms with E-state index < -0.39 is 12.1 Å². The molecule has 0 saturated carbocycles. The van der Waals surface area contributed by atoms with Crippen LogP contribution in [-0.2, 0) is 9.53 Å². The average molecular weight is 285 g/mol. The van der Waals surface area contributed by atoms with E-state index in [1.165, 1.54) is 0 Å². The molecule has 0 aliphatic carbocycles. The lowest BCUT2D eigenvalue weighted by Crippen LogP contribution is -2.38. The van der Waals surface area contributed by atoms with Crippen molar-refractivity contribution in [3.05, 3.63) is 28.7 Å². The maximum Gasteiger partial charge on any atom is 0.407 e. The van der Waals surface area contributed by atoms with Crippen LogP contribution in [0.15, 0.2) is 28.7 Å². The van der Waals surface area contributed by atoms with Gasteiger partial charge in [-0.25, -0.2) is 4.79 Å². The minimum atomic E-state index is -0.625. The van der Waals surface area contributed by atoms with Crippen LogP contribution in [-0.4, -0.2) is 24.6 Å². The van der Waals surface area contributed by atoms with Crippen molar-refractivity contribution in [3.63, 3.8) is 0 Å². The Labute approximate surface area is 100 Å². The molecule has 6 heteroatoms. The fourth-order valence-corrected chi connectivity index (χ4v) is 1.69. The number of carbonyl (C=O) groups excluding carboxylic acids is 2. The molecule has 1 heterocycles. The lowest BCUT2D eigenvalue weighted by atomic mass is 10.2. The summed E-state index contributed by atoms with van der Waals surface area (Å²) in [7, 11) is 0. The van der Waals surface area contributed by atoms with Crippen molar-refractivity contribution in [1.29, 1.82) is 0 Å². The predicted octanol–water partition coefficient (Wildman–Crippen LogP) is 1.50. The maximum atomic E-state index is 11.7. The summed E-state index contributed by atoms with van der Waals surface area (Å²) >= 11 is 3.31. The first-order valence-electron chi connectivity index (χ1n) is 4.65.